The third-order valence-corrected chi connectivity index (χ3v) is 8.27. The first-order valence-electron chi connectivity index (χ1n) is 10.4. The van der Waals surface area contributed by atoms with Crippen molar-refractivity contribution in [1.82, 2.24) is 10.3 Å². The fourth-order valence-electron chi connectivity index (χ4n) is 3.63. The lowest BCUT2D eigenvalue weighted by atomic mass is 9.97. The molecule has 0 bridgehead atoms. The van der Waals surface area contributed by atoms with E-state index >= 15 is 0 Å². The largest absolute Gasteiger partial charge is 0.463 e. The average Bonchev–Trinajstić information content (AvgIpc) is 3.19. The molecular weight excluding hydrogens is 504 g/mol. The summed E-state index contributed by atoms with van der Waals surface area (Å²) in [6.07, 6.45) is -4.22. The predicted octanol–water partition coefficient (Wildman–Crippen LogP) is 0.726. The fourth-order valence-corrected chi connectivity index (χ4v) is 6.67. The van der Waals surface area contributed by atoms with E-state index in [4.69, 9.17) is 18.9 Å². The van der Waals surface area contributed by atoms with Gasteiger partial charge in [-0.3, -0.25) is 19.2 Å². The summed E-state index contributed by atoms with van der Waals surface area (Å²) in [5, 5.41) is 2.44. The first-order valence-corrected chi connectivity index (χ1v) is 12.8. The SMILES string of the molecule is CC(=O)N[C@H]1C(S(=O)(=O)c2nc3ccccc3s2)O[C@H](COC(C)=O)[C@@H](OC(C)=O)[C@@H]1OC(C)=O. The van der Waals surface area contributed by atoms with Crippen molar-refractivity contribution in [2.45, 2.75) is 61.8 Å². The van der Waals surface area contributed by atoms with Crippen molar-refractivity contribution in [2.75, 3.05) is 6.61 Å². The number of carbonyl (C=O) groups excluding carboxylic acids is 4. The molecule has 1 saturated heterocycles. The van der Waals surface area contributed by atoms with Crippen LogP contribution in [0.5, 0.6) is 0 Å². The summed E-state index contributed by atoms with van der Waals surface area (Å²) in [6.45, 7) is 3.92. The molecule has 0 saturated carbocycles. The summed E-state index contributed by atoms with van der Waals surface area (Å²) in [4.78, 5) is 51.4. The van der Waals surface area contributed by atoms with Crippen molar-refractivity contribution < 1.29 is 46.5 Å². The molecule has 1 aromatic carbocycles. The second-order valence-corrected chi connectivity index (χ2v) is 10.9. The highest BCUT2D eigenvalue weighted by Crippen LogP contribution is 2.35. The van der Waals surface area contributed by atoms with Crippen molar-refractivity contribution in [1.29, 1.82) is 0 Å². The molecule has 1 N–H and O–H groups in total. The molecule has 1 amide bonds. The molecule has 1 fully saturated rings. The Hall–Kier alpha value is -3.10. The molecule has 1 aromatic heterocycles. The molecule has 190 valence electrons. The monoisotopic (exact) mass is 528 g/mol. The zero-order chi connectivity index (χ0) is 25.9. The van der Waals surface area contributed by atoms with Crippen LogP contribution in [0.2, 0.25) is 0 Å². The van der Waals surface area contributed by atoms with Gasteiger partial charge in [-0.2, -0.15) is 0 Å². The van der Waals surface area contributed by atoms with Crippen molar-refractivity contribution >= 4 is 55.2 Å². The second-order valence-electron chi connectivity index (χ2n) is 7.71. The Morgan fingerprint density at radius 1 is 1.00 bits per heavy atom. The Bertz CT molecular complexity index is 1210. The number of benzene rings is 1. The van der Waals surface area contributed by atoms with Gasteiger partial charge in [0.2, 0.25) is 20.1 Å². The van der Waals surface area contributed by atoms with Crippen LogP contribution in [0.1, 0.15) is 27.7 Å². The van der Waals surface area contributed by atoms with Gasteiger partial charge >= 0.3 is 17.9 Å². The molecule has 1 aliphatic heterocycles. The summed E-state index contributed by atoms with van der Waals surface area (Å²) in [5.41, 5.74) is -1.38. The normalized spacial score (nSPS) is 24.4. The van der Waals surface area contributed by atoms with Crippen LogP contribution >= 0.6 is 11.3 Å². The molecule has 5 atom stereocenters. The van der Waals surface area contributed by atoms with E-state index in [0.29, 0.717) is 10.2 Å². The molecule has 3 rings (SSSR count). The smallest absolute Gasteiger partial charge is 0.303 e. The molecule has 1 aliphatic rings. The van der Waals surface area contributed by atoms with Gasteiger partial charge in [0.1, 0.15) is 18.8 Å². The number of ether oxygens (including phenoxy) is 4. The number of aromatic nitrogens is 1. The molecule has 35 heavy (non-hydrogen) atoms. The van der Waals surface area contributed by atoms with Crippen LogP contribution < -0.4 is 5.32 Å². The molecule has 1 unspecified atom stereocenters. The van der Waals surface area contributed by atoms with Crippen molar-refractivity contribution in [3.05, 3.63) is 24.3 Å². The maximum absolute atomic E-state index is 13.7. The third kappa shape index (κ3) is 6.13. The van der Waals surface area contributed by atoms with Crippen LogP contribution in [0, 0.1) is 0 Å². The quantitative estimate of drug-likeness (QED) is 0.398. The van der Waals surface area contributed by atoms with E-state index in [1.54, 1.807) is 24.3 Å². The van der Waals surface area contributed by atoms with Crippen molar-refractivity contribution in [2.24, 2.45) is 0 Å². The van der Waals surface area contributed by atoms with Gasteiger partial charge in [-0.15, -0.1) is 11.3 Å². The third-order valence-electron chi connectivity index (χ3n) is 4.89. The Balaban J connectivity index is 2.13. The number of rotatable bonds is 7. The topological polar surface area (TPSA) is 164 Å². The average molecular weight is 529 g/mol. The van der Waals surface area contributed by atoms with Gasteiger partial charge < -0.3 is 24.3 Å². The van der Waals surface area contributed by atoms with Gasteiger partial charge in [0.25, 0.3) is 0 Å². The zero-order valence-electron chi connectivity index (χ0n) is 19.2. The van der Waals surface area contributed by atoms with E-state index in [0.717, 1.165) is 39.0 Å². The Morgan fingerprint density at radius 2 is 1.63 bits per heavy atom. The summed E-state index contributed by atoms with van der Waals surface area (Å²) in [5.74, 6) is -2.97. The maximum Gasteiger partial charge on any atom is 0.303 e. The highest BCUT2D eigenvalue weighted by molar-refractivity contribution is 7.94. The molecule has 12 nitrogen and oxygen atoms in total. The van der Waals surface area contributed by atoms with Crippen LogP contribution in [0.15, 0.2) is 28.6 Å². The number of carbonyl (C=O) groups is 4. The highest BCUT2D eigenvalue weighted by atomic mass is 32.2. The van der Waals surface area contributed by atoms with E-state index in [1.807, 2.05) is 0 Å². The number of nitrogens with one attached hydrogen (secondary N) is 1. The van der Waals surface area contributed by atoms with Crippen molar-refractivity contribution in [3.63, 3.8) is 0 Å². The molecular formula is C21H24N2O10S2. The van der Waals surface area contributed by atoms with Gasteiger partial charge in [-0.25, -0.2) is 13.4 Å². The lowest BCUT2D eigenvalue weighted by Crippen LogP contribution is -2.67. The van der Waals surface area contributed by atoms with Crippen molar-refractivity contribution in [3.8, 4) is 0 Å². The summed E-state index contributed by atoms with van der Waals surface area (Å²) in [6, 6.07) is 5.28. The first kappa shape index (κ1) is 26.5. The van der Waals surface area contributed by atoms with Crippen LogP contribution in [0.3, 0.4) is 0 Å². The van der Waals surface area contributed by atoms with E-state index < -0.39 is 70.0 Å². The minimum Gasteiger partial charge on any atom is -0.463 e. The van der Waals surface area contributed by atoms with Crippen LogP contribution in [-0.2, 0) is 48.0 Å². The van der Waals surface area contributed by atoms with Crippen LogP contribution in [0.4, 0.5) is 0 Å². The first-order chi connectivity index (χ1) is 16.4. The number of hydrogen-bond donors (Lipinski definition) is 1. The summed E-state index contributed by atoms with van der Waals surface area (Å²) in [7, 11) is -4.41. The van der Waals surface area contributed by atoms with Crippen LogP contribution in [0.25, 0.3) is 10.2 Å². The molecule has 0 radical (unpaired) electrons. The van der Waals surface area contributed by atoms with Gasteiger partial charge in [-0.05, 0) is 12.1 Å². The zero-order valence-corrected chi connectivity index (χ0v) is 20.9. The number of amides is 1. The van der Waals surface area contributed by atoms with E-state index in [-0.39, 0.29) is 4.34 Å². The second kappa shape index (κ2) is 10.7. The Labute approximate surface area is 204 Å². The standard InChI is InChI=1S/C21H24N2O10S2/c1-10(24)22-17-19(32-13(4)27)18(31-12(3)26)15(9-30-11(2)25)33-20(17)35(28,29)21-23-14-7-5-6-8-16(14)34-21/h5-8,15,17-20H,9H2,1-4H3,(H,22,24)/t15-,17-,18-,19-,20?/m1/s1. The number of para-hydroxylation sites is 1. The summed E-state index contributed by atoms with van der Waals surface area (Å²) < 4.78 is 49.1. The fraction of sp³-hybridized carbons (Fsp3) is 0.476. The number of thiazole rings is 1. The van der Waals surface area contributed by atoms with E-state index in [9.17, 15) is 27.6 Å². The molecule has 14 heteroatoms. The summed E-state index contributed by atoms with van der Waals surface area (Å²) >= 11 is 0.895. The molecule has 2 aromatic rings. The van der Waals surface area contributed by atoms with Gasteiger partial charge in [0.05, 0.1) is 10.2 Å². The van der Waals surface area contributed by atoms with Gasteiger partial charge in [0.15, 0.2) is 17.6 Å². The Morgan fingerprint density at radius 3 is 2.20 bits per heavy atom. The lowest BCUT2D eigenvalue weighted by Gasteiger charge is -2.44. The maximum atomic E-state index is 13.7. The molecule has 0 aliphatic carbocycles. The number of hydrogen-bond acceptors (Lipinski definition) is 12. The number of sulfone groups is 1. The van der Waals surface area contributed by atoms with E-state index in [1.165, 1.54) is 0 Å². The number of fused-ring (bicyclic) bond motifs is 1. The highest BCUT2D eigenvalue weighted by Gasteiger charge is 2.55. The predicted molar refractivity (Wildman–Crippen MR) is 121 cm³/mol. The minimum atomic E-state index is -4.41. The number of esters is 3. The van der Waals surface area contributed by atoms with Crippen LogP contribution in [-0.4, -0.2) is 73.6 Å². The lowest BCUT2D eigenvalue weighted by molar-refractivity contribution is -0.212. The molecule has 0 spiro atoms. The van der Waals surface area contributed by atoms with Gasteiger partial charge in [0, 0.05) is 27.7 Å². The molecule has 2 heterocycles. The van der Waals surface area contributed by atoms with E-state index in [2.05, 4.69) is 10.3 Å². The van der Waals surface area contributed by atoms with Gasteiger partial charge in [-0.1, -0.05) is 12.1 Å². The minimum absolute atomic E-state index is 0.294. The Kier molecular flexibility index (Phi) is 8.07. The number of nitrogens with zero attached hydrogens (tertiary/aromatic N) is 1.